The number of likely N-dealkylation sites (N-methyl/N-ethyl adjacent to an activating group) is 1. The highest BCUT2D eigenvalue weighted by molar-refractivity contribution is 7.80. The van der Waals surface area contributed by atoms with E-state index in [0.717, 1.165) is 30.8 Å². The van der Waals surface area contributed by atoms with E-state index in [2.05, 4.69) is 94.5 Å². The molecule has 0 spiro atoms. The first-order valence-electron chi connectivity index (χ1n) is 13.6. The van der Waals surface area contributed by atoms with Gasteiger partial charge in [-0.25, -0.2) is 0 Å². The average Bonchev–Trinajstić information content (AvgIpc) is 3.46. The maximum atomic E-state index is 12.8. The third-order valence-electron chi connectivity index (χ3n) is 7.87. The minimum Gasteiger partial charge on any atom is -0.358 e. The highest BCUT2D eigenvalue weighted by Crippen LogP contribution is 2.40. The first-order valence-corrected chi connectivity index (χ1v) is 14.0. The molecular formula is C31H38N4OS. The maximum absolute atomic E-state index is 12.8. The number of thiocarbonyl (C=S) groups is 1. The second-order valence-electron chi connectivity index (χ2n) is 10.6. The summed E-state index contributed by atoms with van der Waals surface area (Å²) in [4.78, 5) is 16.7. The van der Waals surface area contributed by atoms with Crippen molar-refractivity contribution in [3.63, 3.8) is 0 Å². The molecule has 5 nitrogen and oxygen atoms in total. The van der Waals surface area contributed by atoms with Gasteiger partial charge < -0.3 is 19.7 Å². The van der Waals surface area contributed by atoms with Crippen molar-refractivity contribution in [3.05, 3.63) is 72.8 Å². The summed E-state index contributed by atoms with van der Waals surface area (Å²) < 4.78 is 2.54. The van der Waals surface area contributed by atoms with Gasteiger partial charge in [0.05, 0.1) is 12.1 Å². The molecule has 1 saturated carbocycles. The summed E-state index contributed by atoms with van der Waals surface area (Å²) in [6, 6.07) is 26.4. The third kappa shape index (κ3) is 5.17. The van der Waals surface area contributed by atoms with Crippen LogP contribution in [-0.4, -0.2) is 57.6 Å². The summed E-state index contributed by atoms with van der Waals surface area (Å²) in [5, 5.41) is 4.48. The fraction of sp³-hybridized carbons (Fsp3) is 0.419. The molecular weight excluding hydrogens is 476 g/mol. The minimum absolute atomic E-state index is 0.136. The molecule has 1 N–H and O–H groups in total. The van der Waals surface area contributed by atoms with E-state index in [1.54, 1.807) is 4.90 Å². The molecule has 0 bridgehead atoms. The zero-order valence-electron chi connectivity index (χ0n) is 22.1. The number of carbonyl (C=O) groups excluding carboxylic acids is 1. The van der Waals surface area contributed by atoms with Crippen LogP contribution in [0.15, 0.2) is 72.8 Å². The van der Waals surface area contributed by atoms with Gasteiger partial charge in [-0.1, -0.05) is 86.8 Å². The molecule has 2 heterocycles. The Morgan fingerprint density at radius 1 is 0.919 bits per heavy atom. The van der Waals surface area contributed by atoms with Crippen molar-refractivity contribution < 1.29 is 4.79 Å². The monoisotopic (exact) mass is 514 g/mol. The number of benzene rings is 2. The number of rotatable bonds is 7. The number of nitrogens with one attached hydrogen (secondary N) is 1. The Morgan fingerprint density at radius 3 is 2.03 bits per heavy atom. The topological polar surface area (TPSA) is 40.3 Å². The summed E-state index contributed by atoms with van der Waals surface area (Å²) in [5.74, 6) is 0.144. The van der Waals surface area contributed by atoms with Crippen LogP contribution in [0.3, 0.4) is 0 Å². The maximum Gasteiger partial charge on any atom is 0.246 e. The van der Waals surface area contributed by atoms with Crippen molar-refractivity contribution in [2.45, 2.75) is 69.6 Å². The summed E-state index contributed by atoms with van der Waals surface area (Å²) >= 11 is 5.97. The largest absolute Gasteiger partial charge is 0.358 e. The number of aromatic nitrogens is 1. The zero-order chi connectivity index (χ0) is 25.9. The van der Waals surface area contributed by atoms with Crippen LogP contribution in [0, 0.1) is 0 Å². The molecule has 2 aromatic carbocycles. The highest BCUT2D eigenvalue weighted by Gasteiger charge is 2.54. The highest BCUT2D eigenvalue weighted by atomic mass is 32.1. The molecule has 4 atom stereocenters. The van der Waals surface area contributed by atoms with Crippen molar-refractivity contribution in [1.82, 2.24) is 19.7 Å². The average molecular weight is 515 g/mol. The standard InChI is InChI=1S/C31H38N4OS/c1-4-13-28-29(30(36)33(2)3)35(28)31(37)32-24-18-11-12-19-27(24)34-25(22-14-7-5-8-15-22)20-21-26(34)23-16-9-6-10-17-23/h5-10,14-17,20-21,24,27-29H,4,11-13,18-19H2,1-3H3,(H,32,37)/t24-,27-,28-,29+,35?/m0/s1. The first-order chi connectivity index (χ1) is 18.0. The first kappa shape index (κ1) is 25.5. The number of carbonyl (C=O) groups is 1. The summed E-state index contributed by atoms with van der Waals surface area (Å²) in [5.41, 5.74) is 4.92. The van der Waals surface area contributed by atoms with Crippen molar-refractivity contribution in [1.29, 1.82) is 0 Å². The number of amides is 1. The quantitative estimate of drug-likeness (QED) is 0.305. The smallest absolute Gasteiger partial charge is 0.246 e. The van der Waals surface area contributed by atoms with Gasteiger partial charge in [-0.15, -0.1) is 0 Å². The zero-order valence-corrected chi connectivity index (χ0v) is 23.0. The predicted octanol–water partition coefficient (Wildman–Crippen LogP) is 6.12. The van der Waals surface area contributed by atoms with Crippen molar-refractivity contribution in [2.75, 3.05) is 14.1 Å². The van der Waals surface area contributed by atoms with Crippen molar-refractivity contribution >= 4 is 23.2 Å². The number of hydrogen-bond acceptors (Lipinski definition) is 2. The molecule has 0 unspecified atom stereocenters. The molecule has 3 aromatic rings. The van der Waals surface area contributed by atoms with E-state index in [-0.39, 0.29) is 30.1 Å². The Kier molecular flexibility index (Phi) is 7.65. The molecule has 1 saturated heterocycles. The fourth-order valence-corrected chi connectivity index (χ4v) is 6.41. The molecule has 5 rings (SSSR count). The molecule has 194 valence electrons. The molecule has 6 heteroatoms. The van der Waals surface area contributed by atoms with E-state index < -0.39 is 0 Å². The van der Waals surface area contributed by atoms with Crippen LogP contribution in [-0.2, 0) is 4.79 Å². The van der Waals surface area contributed by atoms with Crippen LogP contribution < -0.4 is 5.32 Å². The lowest BCUT2D eigenvalue weighted by Gasteiger charge is -2.36. The Balaban J connectivity index is 1.47. The molecule has 0 radical (unpaired) electrons. The van der Waals surface area contributed by atoms with Gasteiger partial charge in [0.25, 0.3) is 0 Å². The molecule has 1 aliphatic carbocycles. The van der Waals surface area contributed by atoms with Crippen LogP contribution in [0.2, 0.25) is 0 Å². The second-order valence-corrected chi connectivity index (χ2v) is 10.9. The van der Waals surface area contributed by atoms with E-state index in [1.165, 1.54) is 35.4 Å². The van der Waals surface area contributed by atoms with Crippen molar-refractivity contribution in [2.24, 2.45) is 0 Å². The lowest BCUT2D eigenvalue weighted by atomic mass is 9.89. The lowest BCUT2D eigenvalue weighted by molar-refractivity contribution is -0.128. The van der Waals surface area contributed by atoms with E-state index in [1.807, 2.05) is 14.1 Å². The van der Waals surface area contributed by atoms with E-state index in [9.17, 15) is 4.79 Å². The molecule has 2 fully saturated rings. The van der Waals surface area contributed by atoms with Gasteiger partial charge in [0, 0.05) is 31.5 Å². The van der Waals surface area contributed by atoms with Crippen LogP contribution >= 0.6 is 12.2 Å². The summed E-state index contributed by atoms with van der Waals surface area (Å²) in [6.07, 6.45) is 6.54. The van der Waals surface area contributed by atoms with Gasteiger partial charge in [-0.2, -0.15) is 0 Å². The fourth-order valence-electron chi connectivity index (χ4n) is 6.01. The van der Waals surface area contributed by atoms with Crippen LogP contribution in [0.1, 0.15) is 51.5 Å². The van der Waals surface area contributed by atoms with Crippen LogP contribution in [0.5, 0.6) is 0 Å². The summed E-state index contributed by atoms with van der Waals surface area (Å²) in [7, 11) is 3.66. The number of hydrogen-bond donors (Lipinski definition) is 1. The van der Waals surface area contributed by atoms with E-state index in [0.29, 0.717) is 0 Å². The van der Waals surface area contributed by atoms with Gasteiger partial charge in [-0.05, 0) is 54.7 Å². The molecule has 37 heavy (non-hydrogen) atoms. The minimum atomic E-state index is -0.136. The van der Waals surface area contributed by atoms with Crippen molar-refractivity contribution in [3.8, 4) is 22.5 Å². The molecule has 1 amide bonds. The van der Waals surface area contributed by atoms with Gasteiger partial charge in [0.2, 0.25) is 5.91 Å². The summed E-state index contributed by atoms with van der Waals surface area (Å²) in [6.45, 7) is 2.17. The van der Waals surface area contributed by atoms with Gasteiger partial charge in [0.15, 0.2) is 5.11 Å². The molecule has 1 aliphatic heterocycles. The second kappa shape index (κ2) is 11.1. The SMILES string of the molecule is CCC[C@H]1[C@H](C(=O)N(C)C)N1C(=S)N[C@H]1CCCC[C@@H]1n1c(-c2ccccc2)ccc1-c1ccccc1. The van der Waals surface area contributed by atoms with Gasteiger partial charge in [-0.3, -0.25) is 4.79 Å². The number of nitrogens with zero attached hydrogens (tertiary/aromatic N) is 3. The van der Waals surface area contributed by atoms with Crippen LogP contribution in [0.4, 0.5) is 0 Å². The Morgan fingerprint density at radius 2 is 1.49 bits per heavy atom. The normalized spacial score (nSPS) is 22.9. The van der Waals surface area contributed by atoms with Crippen LogP contribution in [0.25, 0.3) is 22.5 Å². The Labute approximate surface area is 226 Å². The molecule has 2 aliphatic rings. The Bertz CT molecular complexity index is 1170. The third-order valence-corrected chi connectivity index (χ3v) is 8.20. The van der Waals surface area contributed by atoms with Gasteiger partial charge >= 0.3 is 0 Å². The molecule has 1 aromatic heterocycles. The lowest BCUT2D eigenvalue weighted by Crippen LogP contribution is -2.46. The predicted molar refractivity (Wildman–Crippen MR) is 155 cm³/mol. The Hall–Kier alpha value is -3.12. The van der Waals surface area contributed by atoms with E-state index in [4.69, 9.17) is 12.2 Å². The van der Waals surface area contributed by atoms with Gasteiger partial charge in [0.1, 0.15) is 6.04 Å². The van der Waals surface area contributed by atoms with E-state index >= 15 is 0 Å².